The number of carbonyl (C=O) groups excluding carboxylic acids is 1. The summed E-state index contributed by atoms with van der Waals surface area (Å²) in [4.78, 5) is 10.8. The molecule has 2 nitrogen and oxygen atoms in total. The molecule has 1 aliphatic carbocycles. The lowest BCUT2D eigenvalue weighted by atomic mass is 10.1. The van der Waals surface area contributed by atoms with Crippen LogP contribution in [0.15, 0.2) is 29.8 Å². The van der Waals surface area contributed by atoms with Crippen LogP contribution in [0, 0.1) is 5.92 Å². The first-order valence-electron chi connectivity index (χ1n) is 5.14. The van der Waals surface area contributed by atoms with Crippen LogP contribution in [-0.2, 0) is 4.79 Å². The summed E-state index contributed by atoms with van der Waals surface area (Å²) < 4.78 is 5.07. The Labute approximate surface area is 89.6 Å². The van der Waals surface area contributed by atoms with Crippen LogP contribution in [-0.4, -0.2) is 13.4 Å². The second-order valence-corrected chi connectivity index (χ2v) is 3.81. The van der Waals surface area contributed by atoms with Crippen LogP contribution in [0.4, 0.5) is 0 Å². The van der Waals surface area contributed by atoms with Gasteiger partial charge in [-0.1, -0.05) is 12.1 Å². The fourth-order valence-electron chi connectivity index (χ4n) is 1.56. The molecule has 0 spiro atoms. The molecule has 1 fully saturated rings. The summed E-state index contributed by atoms with van der Waals surface area (Å²) in [5.41, 5.74) is 1.98. The number of hydrogen-bond donors (Lipinski definition) is 0. The molecule has 0 radical (unpaired) electrons. The third-order valence-corrected chi connectivity index (χ3v) is 2.63. The highest BCUT2D eigenvalue weighted by Gasteiger charge is 2.25. The van der Waals surface area contributed by atoms with Crippen molar-refractivity contribution in [1.82, 2.24) is 0 Å². The fourth-order valence-corrected chi connectivity index (χ4v) is 1.56. The molecule has 2 rings (SSSR count). The highest BCUT2D eigenvalue weighted by molar-refractivity contribution is 5.83. The van der Waals surface area contributed by atoms with Crippen molar-refractivity contribution in [2.24, 2.45) is 5.92 Å². The van der Waals surface area contributed by atoms with Gasteiger partial charge in [-0.25, -0.2) is 0 Å². The number of benzene rings is 1. The summed E-state index contributed by atoms with van der Waals surface area (Å²) in [6.07, 6.45) is 5.24. The Balaban J connectivity index is 2.17. The summed E-state index contributed by atoms with van der Waals surface area (Å²) in [6.45, 7) is 0. The quantitative estimate of drug-likeness (QED) is 0.554. The largest absolute Gasteiger partial charge is 0.497 e. The standard InChI is InChI=1S/C13H14O2/c1-15-13-6-2-10(3-7-13)8-12(9-14)11-4-5-11/h2-3,6-9,11H,4-5H2,1H3/b12-8+. The van der Waals surface area contributed by atoms with Crippen molar-refractivity contribution >= 4 is 12.4 Å². The summed E-state index contributed by atoms with van der Waals surface area (Å²) in [5, 5.41) is 0. The fraction of sp³-hybridized carbons (Fsp3) is 0.308. The minimum Gasteiger partial charge on any atom is -0.497 e. The summed E-state index contributed by atoms with van der Waals surface area (Å²) >= 11 is 0. The molecule has 0 amide bonds. The highest BCUT2D eigenvalue weighted by Crippen LogP contribution is 2.36. The number of allylic oxidation sites excluding steroid dienone is 1. The van der Waals surface area contributed by atoms with E-state index in [-0.39, 0.29) is 0 Å². The molecule has 0 aromatic heterocycles. The Kier molecular flexibility index (Phi) is 2.86. The lowest BCUT2D eigenvalue weighted by Gasteiger charge is -2.00. The molecule has 1 aromatic rings. The van der Waals surface area contributed by atoms with E-state index in [1.54, 1.807) is 7.11 Å². The van der Waals surface area contributed by atoms with Gasteiger partial charge in [-0.05, 0) is 48.1 Å². The second-order valence-electron chi connectivity index (χ2n) is 3.81. The minimum absolute atomic E-state index is 0.504. The number of methoxy groups -OCH3 is 1. The Bertz CT molecular complexity index is 372. The molecule has 0 aliphatic heterocycles. The number of carbonyl (C=O) groups is 1. The number of hydrogen-bond acceptors (Lipinski definition) is 2. The molecule has 0 N–H and O–H groups in total. The smallest absolute Gasteiger partial charge is 0.146 e. The minimum atomic E-state index is 0.504. The van der Waals surface area contributed by atoms with Crippen LogP contribution in [0.25, 0.3) is 6.08 Å². The van der Waals surface area contributed by atoms with E-state index >= 15 is 0 Å². The van der Waals surface area contributed by atoms with E-state index in [1.807, 2.05) is 30.3 Å². The van der Waals surface area contributed by atoms with Gasteiger partial charge in [0.05, 0.1) is 7.11 Å². The second kappa shape index (κ2) is 4.30. The normalized spacial score (nSPS) is 16.2. The average Bonchev–Trinajstić information content (AvgIpc) is 3.10. The number of aldehydes is 1. The molecular formula is C13H14O2. The zero-order valence-corrected chi connectivity index (χ0v) is 8.77. The van der Waals surface area contributed by atoms with Crippen molar-refractivity contribution in [3.63, 3.8) is 0 Å². The molecule has 0 bridgehead atoms. The van der Waals surface area contributed by atoms with Crippen LogP contribution >= 0.6 is 0 Å². The van der Waals surface area contributed by atoms with E-state index in [2.05, 4.69) is 0 Å². The van der Waals surface area contributed by atoms with Gasteiger partial charge in [0, 0.05) is 0 Å². The van der Waals surface area contributed by atoms with Gasteiger partial charge in [0.1, 0.15) is 12.0 Å². The van der Waals surface area contributed by atoms with Gasteiger partial charge in [-0.3, -0.25) is 4.79 Å². The van der Waals surface area contributed by atoms with Crippen LogP contribution in [0.5, 0.6) is 5.75 Å². The van der Waals surface area contributed by atoms with E-state index < -0.39 is 0 Å². The maximum absolute atomic E-state index is 10.8. The van der Waals surface area contributed by atoms with E-state index in [0.717, 1.165) is 36.0 Å². The van der Waals surface area contributed by atoms with E-state index in [0.29, 0.717) is 5.92 Å². The predicted molar refractivity (Wildman–Crippen MR) is 59.8 cm³/mol. The number of ether oxygens (including phenoxy) is 1. The van der Waals surface area contributed by atoms with Crippen molar-refractivity contribution in [3.8, 4) is 5.75 Å². The van der Waals surface area contributed by atoms with Crippen molar-refractivity contribution < 1.29 is 9.53 Å². The molecular weight excluding hydrogens is 188 g/mol. The van der Waals surface area contributed by atoms with Crippen molar-refractivity contribution in [3.05, 3.63) is 35.4 Å². The van der Waals surface area contributed by atoms with E-state index in [1.165, 1.54) is 0 Å². The molecule has 0 atom stereocenters. The SMILES string of the molecule is COc1ccc(/C=C(\C=O)C2CC2)cc1. The highest BCUT2D eigenvalue weighted by atomic mass is 16.5. The molecule has 78 valence electrons. The van der Waals surface area contributed by atoms with Crippen molar-refractivity contribution in [2.45, 2.75) is 12.8 Å². The third kappa shape index (κ3) is 2.46. The Morgan fingerprint density at radius 3 is 2.47 bits per heavy atom. The zero-order chi connectivity index (χ0) is 10.7. The maximum atomic E-state index is 10.8. The van der Waals surface area contributed by atoms with Gasteiger partial charge < -0.3 is 4.74 Å². The molecule has 1 aromatic carbocycles. The predicted octanol–water partition coefficient (Wildman–Crippen LogP) is 2.69. The first-order chi connectivity index (χ1) is 7.33. The Morgan fingerprint density at radius 1 is 1.33 bits per heavy atom. The maximum Gasteiger partial charge on any atom is 0.146 e. The first kappa shape index (κ1) is 9.97. The molecule has 1 aliphatic rings. The summed E-state index contributed by atoms with van der Waals surface area (Å²) in [7, 11) is 1.64. The molecule has 2 heteroatoms. The van der Waals surface area contributed by atoms with Gasteiger partial charge >= 0.3 is 0 Å². The summed E-state index contributed by atoms with van der Waals surface area (Å²) in [6, 6.07) is 7.73. The Morgan fingerprint density at radius 2 is 2.00 bits per heavy atom. The van der Waals surface area contributed by atoms with Crippen LogP contribution < -0.4 is 4.74 Å². The van der Waals surface area contributed by atoms with Gasteiger partial charge in [0.15, 0.2) is 0 Å². The average molecular weight is 202 g/mol. The lowest BCUT2D eigenvalue weighted by Crippen LogP contribution is -1.87. The third-order valence-electron chi connectivity index (χ3n) is 2.63. The lowest BCUT2D eigenvalue weighted by molar-refractivity contribution is -0.105. The van der Waals surface area contributed by atoms with Crippen molar-refractivity contribution in [1.29, 1.82) is 0 Å². The zero-order valence-electron chi connectivity index (χ0n) is 8.77. The van der Waals surface area contributed by atoms with Crippen LogP contribution in [0.3, 0.4) is 0 Å². The molecule has 0 saturated heterocycles. The van der Waals surface area contributed by atoms with Gasteiger partial charge in [-0.2, -0.15) is 0 Å². The Hall–Kier alpha value is -1.57. The molecule has 1 saturated carbocycles. The van der Waals surface area contributed by atoms with Crippen LogP contribution in [0.2, 0.25) is 0 Å². The van der Waals surface area contributed by atoms with Gasteiger partial charge in [0.2, 0.25) is 0 Å². The molecule has 15 heavy (non-hydrogen) atoms. The van der Waals surface area contributed by atoms with Gasteiger partial charge in [-0.15, -0.1) is 0 Å². The monoisotopic (exact) mass is 202 g/mol. The van der Waals surface area contributed by atoms with Gasteiger partial charge in [0.25, 0.3) is 0 Å². The first-order valence-corrected chi connectivity index (χ1v) is 5.14. The van der Waals surface area contributed by atoms with E-state index in [4.69, 9.17) is 4.74 Å². The van der Waals surface area contributed by atoms with Crippen molar-refractivity contribution in [2.75, 3.05) is 7.11 Å². The van der Waals surface area contributed by atoms with E-state index in [9.17, 15) is 4.79 Å². The topological polar surface area (TPSA) is 26.3 Å². The molecule has 0 unspecified atom stereocenters. The van der Waals surface area contributed by atoms with Crippen LogP contribution in [0.1, 0.15) is 18.4 Å². The summed E-state index contributed by atoms with van der Waals surface area (Å²) in [5.74, 6) is 1.34. The molecule has 0 heterocycles. The number of rotatable bonds is 4.